The second kappa shape index (κ2) is 7.36. The van der Waals surface area contributed by atoms with Crippen molar-refractivity contribution in [2.45, 2.75) is 13.5 Å². The first-order valence-electron chi connectivity index (χ1n) is 9.16. The average Bonchev–Trinajstić information content (AvgIpc) is 3.21. The molecule has 152 valence electrons. The standard InChI is InChI=1S/C21H17N3O6/c1-2-30-17(25)11-24-18-15-9-14(23-8-7-13(10-23)21(28)29)5-3-12(15)4-6-16(18)22-19(26)20(24)27/h3-10H,2,11H2,1H3,(H,22,26)(H,28,29). The van der Waals surface area contributed by atoms with E-state index in [-0.39, 0.29) is 12.2 Å². The highest BCUT2D eigenvalue weighted by atomic mass is 16.5. The minimum Gasteiger partial charge on any atom is -0.478 e. The summed E-state index contributed by atoms with van der Waals surface area (Å²) >= 11 is 0. The Morgan fingerprint density at radius 3 is 2.60 bits per heavy atom. The molecule has 30 heavy (non-hydrogen) atoms. The highest BCUT2D eigenvalue weighted by Gasteiger charge is 2.15. The summed E-state index contributed by atoms with van der Waals surface area (Å²) in [6.45, 7) is 1.41. The van der Waals surface area contributed by atoms with Gasteiger partial charge in [0.25, 0.3) is 0 Å². The van der Waals surface area contributed by atoms with Crippen LogP contribution in [0.3, 0.4) is 0 Å². The van der Waals surface area contributed by atoms with Crippen molar-refractivity contribution in [1.82, 2.24) is 14.1 Å². The van der Waals surface area contributed by atoms with Gasteiger partial charge in [-0.2, -0.15) is 0 Å². The number of hydrogen-bond donors (Lipinski definition) is 2. The number of carboxylic acids is 1. The van der Waals surface area contributed by atoms with Gasteiger partial charge in [-0.15, -0.1) is 0 Å². The van der Waals surface area contributed by atoms with Crippen LogP contribution in [0.4, 0.5) is 0 Å². The third-order valence-electron chi connectivity index (χ3n) is 4.76. The molecule has 0 saturated carbocycles. The zero-order valence-corrected chi connectivity index (χ0v) is 15.9. The molecule has 0 atom stereocenters. The summed E-state index contributed by atoms with van der Waals surface area (Å²) in [5, 5.41) is 10.5. The molecular formula is C21H17N3O6. The van der Waals surface area contributed by atoms with Gasteiger partial charge in [0.2, 0.25) is 0 Å². The number of H-pyrrole nitrogens is 1. The van der Waals surface area contributed by atoms with Crippen LogP contribution in [0.2, 0.25) is 0 Å². The van der Waals surface area contributed by atoms with Gasteiger partial charge >= 0.3 is 23.1 Å². The first kappa shape index (κ1) is 19.2. The molecule has 0 unspecified atom stereocenters. The third-order valence-corrected chi connectivity index (χ3v) is 4.76. The van der Waals surface area contributed by atoms with E-state index in [1.807, 2.05) is 6.07 Å². The second-order valence-corrected chi connectivity index (χ2v) is 6.63. The molecule has 0 bridgehead atoms. The van der Waals surface area contributed by atoms with E-state index in [0.717, 1.165) is 9.95 Å². The van der Waals surface area contributed by atoms with Gasteiger partial charge in [0.05, 0.1) is 23.2 Å². The fourth-order valence-electron chi connectivity index (χ4n) is 3.41. The van der Waals surface area contributed by atoms with Crippen LogP contribution in [-0.2, 0) is 16.1 Å². The van der Waals surface area contributed by atoms with Gasteiger partial charge in [-0.3, -0.25) is 19.0 Å². The minimum absolute atomic E-state index is 0.136. The van der Waals surface area contributed by atoms with Gasteiger partial charge < -0.3 is 19.4 Å². The largest absolute Gasteiger partial charge is 0.478 e. The van der Waals surface area contributed by atoms with E-state index >= 15 is 0 Å². The van der Waals surface area contributed by atoms with Crippen LogP contribution in [0.1, 0.15) is 17.3 Å². The molecule has 9 heteroatoms. The number of carbonyl (C=O) groups excluding carboxylic acids is 1. The van der Waals surface area contributed by atoms with Crippen LogP contribution in [0, 0.1) is 0 Å². The van der Waals surface area contributed by atoms with Crippen LogP contribution in [0.5, 0.6) is 0 Å². The van der Waals surface area contributed by atoms with Gasteiger partial charge in [-0.25, -0.2) is 4.79 Å². The number of aromatic amines is 1. The van der Waals surface area contributed by atoms with Crippen molar-refractivity contribution in [1.29, 1.82) is 0 Å². The Kier molecular flexibility index (Phi) is 4.71. The number of esters is 1. The van der Waals surface area contributed by atoms with Crippen molar-refractivity contribution < 1.29 is 19.4 Å². The Morgan fingerprint density at radius 1 is 1.13 bits per heavy atom. The van der Waals surface area contributed by atoms with Gasteiger partial charge in [-0.1, -0.05) is 12.1 Å². The number of nitrogens with one attached hydrogen (secondary N) is 1. The number of aromatic carboxylic acids is 1. The van der Waals surface area contributed by atoms with E-state index in [1.54, 1.807) is 42.0 Å². The van der Waals surface area contributed by atoms with Crippen LogP contribution in [0.25, 0.3) is 27.5 Å². The Hall–Kier alpha value is -4.14. The minimum atomic E-state index is -1.04. The molecule has 0 aliphatic rings. The highest BCUT2D eigenvalue weighted by Crippen LogP contribution is 2.26. The molecule has 4 aromatic rings. The number of hydrogen-bond acceptors (Lipinski definition) is 5. The normalized spacial score (nSPS) is 11.1. The predicted molar refractivity (Wildman–Crippen MR) is 109 cm³/mol. The van der Waals surface area contributed by atoms with E-state index in [0.29, 0.717) is 22.1 Å². The van der Waals surface area contributed by atoms with Crippen molar-refractivity contribution >= 4 is 33.7 Å². The number of carbonyl (C=O) groups is 2. The van der Waals surface area contributed by atoms with Crippen molar-refractivity contribution in [2.75, 3.05) is 6.61 Å². The highest BCUT2D eigenvalue weighted by molar-refractivity contribution is 6.05. The topological polar surface area (TPSA) is 123 Å². The zero-order valence-electron chi connectivity index (χ0n) is 15.9. The molecule has 9 nitrogen and oxygen atoms in total. The SMILES string of the molecule is CCOC(=O)Cn1c(=O)c(=O)[nH]c2ccc3ccc(-n4ccc(C(=O)O)c4)cc3c21. The predicted octanol–water partition coefficient (Wildman–Crippen LogP) is 1.89. The molecule has 0 fully saturated rings. The molecule has 2 N–H and O–H groups in total. The van der Waals surface area contributed by atoms with E-state index in [9.17, 15) is 19.2 Å². The van der Waals surface area contributed by atoms with Crippen LogP contribution in [-0.4, -0.2) is 37.8 Å². The van der Waals surface area contributed by atoms with Gasteiger partial charge in [0.15, 0.2) is 0 Å². The lowest BCUT2D eigenvalue weighted by molar-refractivity contribution is -0.143. The molecule has 2 heterocycles. The Labute approximate surface area is 168 Å². The fraction of sp³-hybridized carbons (Fsp3) is 0.143. The molecule has 0 radical (unpaired) electrons. The lowest BCUT2D eigenvalue weighted by Gasteiger charge is -2.13. The maximum atomic E-state index is 12.5. The molecule has 2 aromatic heterocycles. The van der Waals surface area contributed by atoms with Crippen molar-refractivity contribution in [3.63, 3.8) is 0 Å². The van der Waals surface area contributed by atoms with Crippen LogP contribution >= 0.6 is 0 Å². The summed E-state index contributed by atoms with van der Waals surface area (Å²) in [5.74, 6) is -1.67. The summed E-state index contributed by atoms with van der Waals surface area (Å²) < 4.78 is 7.70. The quantitative estimate of drug-likeness (QED) is 0.296. The van der Waals surface area contributed by atoms with E-state index in [2.05, 4.69) is 4.98 Å². The van der Waals surface area contributed by atoms with Crippen molar-refractivity contribution in [2.24, 2.45) is 0 Å². The molecule has 0 spiro atoms. The number of nitrogens with zero attached hydrogens (tertiary/aromatic N) is 2. The Morgan fingerprint density at radius 2 is 1.90 bits per heavy atom. The number of carboxylic acid groups (broad SMARTS) is 1. The van der Waals surface area contributed by atoms with E-state index < -0.39 is 29.6 Å². The maximum absolute atomic E-state index is 12.5. The van der Waals surface area contributed by atoms with Crippen LogP contribution in [0.15, 0.2) is 58.4 Å². The van der Waals surface area contributed by atoms with Crippen molar-refractivity contribution in [3.8, 4) is 5.69 Å². The lowest BCUT2D eigenvalue weighted by atomic mass is 10.1. The summed E-state index contributed by atoms with van der Waals surface area (Å²) in [6.07, 6.45) is 3.09. The lowest BCUT2D eigenvalue weighted by Crippen LogP contribution is -2.38. The maximum Gasteiger partial charge on any atom is 0.337 e. The van der Waals surface area contributed by atoms with Gasteiger partial charge in [-0.05, 0) is 36.6 Å². The van der Waals surface area contributed by atoms with Crippen molar-refractivity contribution in [3.05, 3.63) is 75.1 Å². The molecule has 4 rings (SSSR count). The first-order chi connectivity index (χ1) is 14.4. The second-order valence-electron chi connectivity index (χ2n) is 6.63. The number of ether oxygens (including phenoxy) is 1. The van der Waals surface area contributed by atoms with Gasteiger partial charge in [0, 0.05) is 23.5 Å². The van der Waals surface area contributed by atoms with Gasteiger partial charge in [0.1, 0.15) is 6.54 Å². The fourth-order valence-corrected chi connectivity index (χ4v) is 3.41. The Bertz CT molecular complexity index is 1430. The summed E-state index contributed by atoms with van der Waals surface area (Å²) in [7, 11) is 0. The zero-order chi connectivity index (χ0) is 21.4. The smallest absolute Gasteiger partial charge is 0.337 e. The molecule has 0 amide bonds. The monoisotopic (exact) mass is 407 g/mol. The molecule has 0 aliphatic carbocycles. The molecule has 0 aliphatic heterocycles. The van der Waals surface area contributed by atoms with Crippen LogP contribution < -0.4 is 11.1 Å². The van der Waals surface area contributed by atoms with E-state index in [4.69, 9.17) is 9.84 Å². The first-order valence-corrected chi connectivity index (χ1v) is 9.16. The molecule has 0 saturated heterocycles. The molecule has 2 aromatic carbocycles. The number of rotatable bonds is 5. The summed E-state index contributed by atoms with van der Waals surface area (Å²) in [4.78, 5) is 50.4. The number of aromatic nitrogens is 3. The third kappa shape index (κ3) is 3.26. The summed E-state index contributed by atoms with van der Waals surface area (Å²) in [6, 6.07) is 10.3. The van der Waals surface area contributed by atoms with E-state index in [1.165, 1.54) is 12.3 Å². The number of benzene rings is 2. The number of fused-ring (bicyclic) bond motifs is 3. The summed E-state index contributed by atoms with van der Waals surface area (Å²) in [5.41, 5.74) is -0.119. The Balaban J connectivity index is 1.99. The molecular weight excluding hydrogens is 390 g/mol. The average molecular weight is 407 g/mol.